The number of rotatable bonds is 8. The highest BCUT2D eigenvalue weighted by molar-refractivity contribution is 6.00. The first-order valence-electron chi connectivity index (χ1n) is 8.93. The first kappa shape index (κ1) is 21.4. The van der Waals surface area contributed by atoms with Gasteiger partial charge in [-0.15, -0.1) is 0 Å². The van der Waals surface area contributed by atoms with Gasteiger partial charge in [-0.3, -0.25) is 9.36 Å². The summed E-state index contributed by atoms with van der Waals surface area (Å²) < 4.78 is 33.8. The van der Waals surface area contributed by atoms with E-state index in [4.69, 9.17) is 15.6 Å². The Hall–Kier alpha value is -1.91. The maximum Gasteiger partial charge on any atom is 0.350 e. The van der Waals surface area contributed by atoms with Crippen molar-refractivity contribution in [2.24, 2.45) is 5.92 Å². The average Bonchev–Trinajstić information content (AvgIpc) is 2.85. The minimum absolute atomic E-state index is 0.224. The third-order valence-corrected chi connectivity index (χ3v) is 4.67. The molecule has 4 N–H and O–H groups in total. The van der Waals surface area contributed by atoms with Crippen LogP contribution in [0.15, 0.2) is 11.0 Å². The molecule has 27 heavy (non-hydrogen) atoms. The van der Waals surface area contributed by atoms with Crippen LogP contribution in [0.5, 0.6) is 0 Å². The van der Waals surface area contributed by atoms with Crippen LogP contribution >= 0.6 is 0 Å². The van der Waals surface area contributed by atoms with Crippen molar-refractivity contribution in [3.63, 3.8) is 0 Å². The van der Waals surface area contributed by atoms with E-state index < -0.39 is 42.4 Å². The van der Waals surface area contributed by atoms with Crippen molar-refractivity contribution >= 4 is 11.5 Å². The zero-order valence-corrected chi connectivity index (χ0v) is 15.3. The number of carbonyl (C=O) groups is 1. The molecule has 2 rings (SSSR count). The second kappa shape index (κ2) is 8.41. The highest BCUT2D eigenvalue weighted by Gasteiger charge is 2.59. The number of nitrogens with two attached hydrogens (primary N) is 1. The summed E-state index contributed by atoms with van der Waals surface area (Å²) in [6, 6.07) is 0. The summed E-state index contributed by atoms with van der Waals surface area (Å²) >= 11 is 0. The second-order valence-electron chi connectivity index (χ2n) is 6.70. The van der Waals surface area contributed by atoms with E-state index in [9.17, 15) is 23.5 Å². The van der Waals surface area contributed by atoms with E-state index >= 15 is 0 Å². The van der Waals surface area contributed by atoms with Gasteiger partial charge in [-0.1, -0.05) is 26.7 Å². The smallest absolute Gasteiger partial charge is 0.350 e. The zero-order chi connectivity index (χ0) is 20.4. The molecule has 2 heterocycles. The number of aromatic nitrogens is 2. The van der Waals surface area contributed by atoms with Crippen molar-refractivity contribution in [2.75, 3.05) is 12.3 Å². The lowest BCUT2D eigenvalue weighted by atomic mass is 9.91. The highest BCUT2D eigenvalue weighted by Crippen LogP contribution is 2.42. The van der Waals surface area contributed by atoms with Crippen LogP contribution in [0.25, 0.3) is 0 Å². The molecule has 0 bridgehead atoms. The Morgan fingerprint density at radius 3 is 2.48 bits per heavy atom. The molecule has 1 unspecified atom stereocenters. The van der Waals surface area contributed by atoms with Crippen molar-refractivity contribution in [1.29, 1.82) is 0 Å². The number of nitrogens with zero attached hydrogens (tertiary/aromatic N) is 2. The molecule has 1 aliphatic heterocycles. The number of anilines is 1. The summed E-state index contributed by atoms with van der Waals surface area (Å²) in [5.74, 6) is -4.59. The number of carbonyl (C=O) groups excluding carboxylic acids is 1. The molecule has 1 saturated heterocycles. The van der Waals surface area contributed by atoms with Crippen LogP contribution < -0.4 is 11.4 Å². The summed E-state index contributed by atoms with van der Waals surface area (Å²) in [5, 5.41) is 18.6. The van der Waals surface area contributed by atoms with E-state index in [1.165, 1.54) is 0 Å². The van der Waals surface area contributed by atoms with Crippen molar-refractivity contribution in [3.05, 3.63) is 22.4 Å². The number of nitrogen functional groups attached to an aromatic ring is 1. The van der Waals surface area contributed by atoms with Crippen molar-refractivity contribution in [2.45, 2.75) is 63.9 Å². The molecule has 1 aromatic rings. The molecule has 3 atom stereocenters. The van der Waals surface area contributed by atoms with Gasteiger partial charge in [-0.25, -0.2) is 4.79 Å². The third kappa shape index (κ3) is 4.02. The molecule has 1 aliphatic rings. The fraction of sp³-hybridized carbons (Fsp3) is 0.706. The van der Waals surface area contributed by atoms with Crippen molar-refractivity contribution < 1.29 is 28.5 Å². The van der Waals surface area contributed by atoms with E-state index in [0.717, 1.165) is 19.0 Å². The fourth-order valence-electron chi connectivity index (χ4n) is 3.26. The Kier molecular flexibility index (Phi) is 6.66. The van der Waals surface area contributed by atoms with E-state index in [1.54, 1.807) is 0 Å². The van der Waals surface area contributed by atoms with E-state index in [2.05, 4.69) is 4.98 Å². The monoisotopic (exact) mass is 389 g/mol. The minimum atomic E-state index is -3.84. The molecule has 0 aromatic carbocycles. The predicted molar refractivity (Wildman–Crippen MR) is 92.5 cm³/mol. The Bertz CT molecular complexity index is 734. The molecule has 0 amide bonds. The number of aliphatic hydroxyl groups is 2. The molecular weight excluding hydrogens is 364 g/mol. The van der Waals surface area contributed by atoms with Crippen molar-refractivity contribution in [1.82, 2.24) is 9.55 Å². The molecular formula is C17H25F2N3O5. The van der Waals surface area contributed by atoms with Crippen LogP contribution in [-0.2, 0) is 4.74 Å². The van der Waals surface area contributed by atoms with Crippen LogP contribution in [0.2, 0.25) is 0 Å². The Labute approximate surface area is 155 Å². The standard InChI is InChI=1S/C17H25F2N3O5/c1-3-5-9(6-4-2)13(24)12-10(20)7-22(16(26)21-12)15-17(18,19)14(25)11(8-23)27-15/h7,9,11,14-15,23,25H,3-6,8,20H2,1-2H3/t11-,14-,15?/m1/s1. The van der Waals surface area contributed by atoms with Gasteiger partial charge in [0.2, 0.25) is 6.23 Å². The molecule has 0 aliphatic carbocycles. The lowest BCUT2D eigenvalue weighted by Crippen LogP contribution is -2.42. The van der Waals surface area contributed by atoms with Gasteiger partial charge in [0.1, 0.15) is 11.8 Å². The van der Waals surface area contributed by atoms with E-state index in [-0.39, 0.29) is 17.3 Å². The number of ether oxygens (including phenoxy) is 1. The summed E-state index contributed by atoms with van der Waals surface area (Å²) in [7, 11) is 0. The first-order chi connectivity index (χ1) is 12.7. The lowest BCUT2D eigenvalue weighted by molar-refractivity contribution is -0.140. The van der Waals surface area contributed by atoms with Gasteiger partial charge in [0.25, 0.3) is 0 Å². The van der Waals surface area contributed by atoms with Gasteiger partial charge >= 0.3 is 11.6 Å². The Morgan fingerprint density at radius 2 is 2.00 bits per heavy atom. The molecule has 1 fully saturated rings. The molecule has 1 aromatic heterocycles. The predicted octanol–water partition coefficient (Wildman–Crippen LogP) is 1.11. The van der Waals surface area contributed by atoms with Gasteiger partial charge in [0.15, 0.2) is 11.9 Å². The number of aliphatic hydroxyl groups excluding tert-OH is 2. The summed E-state index contributed by atoms with van der Waals surface area (Å²) in [6.45, 7) is 3.00. The maximum absolute atomic E-state index is 14.2. The number of halogens is 2. The molecule has 0 saturated carbocycles. The van der Waals surface area contributed by atoms with E-state index in [0.29, 0.717) is 17.4 Å². The summed E-state index contributed by atoms with van der Waals surface area (Å²) in [4.78, 5) is 28.6. The Morgan fingerprint density at radius 1 is 1.41 bits per heavy atom. The zero-order valence-electron chi connectivity index (χ0n) is 15.3. The summed E-state index contributed by atoms with van der Waals surface area (Å²) in [5.41, 5.74) is 4.21. The van der Waals surface area contributed by atoms with Gasteiger partial charge < -0.3 is 20.7 Å². The minimum Gasteiger partial charge on any atom is -0.396 e. The average molecular weight is 389 g/mol. The maximum atomic E-state index is 14.2. The molecule has 0 radical (unpaired) electrons. The normalized spacial score (nSPS) is 24.5. The topological polar surface area (TPSA) is 128 Å². The number of alkyl halides is 2. The Balaban J connectivity index is 2.40. The SMILES string of the molecule is CCCC(CCC)C(=O)c1nc(=O)n(C2O[C@H](CO)[C@@H](O)C2(F)F)cc1N. The molecule has 10 heteroatoms. The fourth-order valence-corrected chi connectivity index (χ4v) is 3.26. The van der Waals surface area contributed by atoms with Gasteiger partial charge in [-0.05, 0) is 12.8 Å². The largest absolute Gasteiger partial charge is 0.396 e. The van der Waals surface area contributed by atoms with Gasteiger partial charge in [0.05, 0.1) is 12.3 Å². The van der Waals surface area contributed by atoms with Crippen LogP contribution in [-0.4, -0.2) is 50.3 Å². The highest BCUT2D eigenvalue weighted by atomic mass is 19.3. The first-order valence-corrected chi connectivity index (χ1v) is 8.93. The van der Waals surface area contributed by atoms with Crippen LogP contribution in [0.1, 0.15) is 56.2 Å². The van der Waals surface area contributed by atoms with E-state index in [1.807, 2.05) is 13.8 Å². The quantitative estimate of drug-likeness (QED) is 0.568. The number of ketones is 1. The van der Waals surface area contributed by atoms with Gasteiger partial charge in [-0.2, -0.15) is 13.8 Å². The molecule has 152 valence electrons. The lowest BCUT2D eigenvalue weighted by Gasteiger charge is -2.22. The van der Waals surface area contributed by atoms with Crippen LogP contribution in [0.4, 0.5) is 14.5 Å². The third-order valence-electron chi connectivity index (χ3n) is 4.67. The van der Waals surface area contributed by atoms with Crippen LogP contribution in [0, 0.1) is 5.92 Å². The molecule has 0 spiro atoms. The summed E-state index contributed by atoms with van der Waals surface area (Å²) in [6.07, 6.45) is -2.43. The number of hydrogen-bond donors (Lipinski definition) is 3. The molecule has 8 nitrogen and oxygen atoms in total. The second-order valence-corrected chi connectivity index (χ2v) is 6.70. The number of hydrogen-bond acceptors (Lipinski definition) is 7. The van der Waals surface area contributed by atoms with Crippen LogP contribution in [0.3, 0.4) is 0 Å². The van der Waals surface area contributed by atoms with Crippen molar-refractivity contribution in [3.8, 4) is 0 Å². The van der Waals surface area contributed by atoms with Gasteiger partial charge in [0, 0.05) is 12.1 Å². The number of Topliss-reactive ketones (excluding diaryl/α,β-unsaturated/α-hetero) is 1.